The molecule has 1 aliphatic heterocycles. The number of ether oxygens (including phenoxy) is 4. The lowest BCUT2D eigenvalue weighted by Crippen LogP contribution is -2.56. The van der Waals surface area contributed by atoms with Crippen molar-refractivity contribution in [2.24, 2.45) is 0 Å². The highest BCUT2D eigenvalue weighted by Crippen LogP contribution is 2.33. The normalized spacial score (nSPS) is 15.1. The predicted molar refractivity (Wildman–Crippen MR) is 179 cm³/mol. The molecule has 3 aromatic rings. The minimum Gasteiger partial charge on any atom is -0.490 e. The number of nitrogens with zero attached hydrogens (tertiary/aromatic N) is 4. The lowest BCUT2D eigenvalue weighted by atomic mass is 10.0. The van der Waals surface area contributed by atoms with E-state index in [0.717, 1.165) is 31.9 Å². The lowest BCUT2D eigenvalue weighted by Gasteiger charge is -2.36. The van der Waals surface area contributed by atoms with E-state index in [9.17, 15) is 19.2 Å². The summed E-state index contributed by atoms with van der Waals surface area (Å²) in [5.74, 6) is 1.83. The highest BCUT2D eigenvalue weighted by molar-refractivity contribution is 5.97. The van der Waals surface area contributed by atoms with E-state index in [1.807, 2.05) is 37.3 Å². The van der Waals surface area contributed by atoms with Crippen LogP contribution in [0.3, 0.4) is 0 Å². The quantitative estimate of drug-likeness (QED) is 0.207. The van der Waals surface area contributed by atoms with Gasteiger partial charge in [-0.15, -0.1) is 0 Å². The Morgan fingerprint density at radius 2 is 1.69 bits per heavy atom. The van der Waals surface area contributed by atoms with Gasteiger partial charge in [0.1, 0.15) is 17.8 Å². The van der Waals surface area contributed by atoms with Gasteiger partial charge < -0.3 is 34.1 Å². The number of carbonyl (C=O) groups is 3. The van der Waals surface area contributed by atoms with Gasteiger partial charge >= 0.3 is 6.09 Å². The van der Waals surface area contributed by atoms with Gasteiger partial charge in [0, 0.05) is 49.8 Å². The Balaban J connectivity index is 1.46. The molecule has 1 saturated heterocycles. The van der Waals surface area contributed by atoms with Crippen LogP contribution in [-0.4, -0.2) is 95.2 Å². The summed E-state index contributed by atoms with van der Waals surface area (Å²) < 4.78 is 22.6. The van der Waals surface area contributed by atoms with Gasteiger partial charge in [-0.2, -0.15) is 4.98 Å². The Morgan fingerprint density at radius 1 is 0.959 bits per heavy atom. The van der Waals surface area contributed by atoms with E-state index < -0.39 is 18.0 Å². The molecule has 1 aromatic heterocycles. The smallest absolute Gasteiger partial charge is 0.409 e. The molecule has 0 spiro atoms. The molecule has 1 N–H and O–H groups in total. The maximum absolute atomic E-state index is 14.2. The minimum absolute atomic E-state index is 0.00603. The van der Waals surface area contributed by atoms with Gasteiger partial charge in [-0.1, -0.05) is 42.5 Å². The molecule has 1 atom stereocenters. The molecule has 49 heavy (non-hydrogen) atoms. The van der Waals surface area contributed by atoms with Crippen molar-refractivity contribution < 1.29 is 38.1 Å². The van der Waals surface area contributed by atoms with Gasteiger partial charge in [0.2, 0.25) is 11.8 Å². The predicted octanol–water partition coefficient (Wildman–Crippen LogP) is 4.23. The second-order valence-electron chi connectivity index (χ2n) is 11.6. The van der Waals surface area contributed by atoms with E-state index in [4.69, 9.17) is 18.9 Å². The van der Waals surface area contributed by atoms with Gasteiger partial charge in [-0.3, -0.25) is 9.59 Å². The fourth-order valence-corrected chi connectivity index (χ4v) is 5.90. The maximum Gasteiger partial charge on any atom is 0.409 e. The van der Waals surface area contributed by atoms with E-state index in [0.29, 0.717) is 29.3 Å². The van der Waals surface area contributed by atoms with Crippen LogP contribution in [0, 0.1) is 0 Å². The Labute approximate surface area is 285 Å². The third-order valence-electron chi connectivity index (χ3n) is 8.29. The van der Waals surface area contributed by atoms with Crippen LogP contribution >= 0.6 is 0 Å². The monoisotopic (exact) mass is 671 g/mol. The van der Waals surface area contributed by atoms with E-state index in [-0.39, 0.29) is 68.5 Å². The van der Waals surface area contributed by atoms with Gasteiger partial charge in [0.05, 0.1) is 13.2 Å². The molecular weight excluding hydrogens is 630 g/mol. The van der Waals surface area contributed by atoms with E-state index in [1.54, 1.807) is 40.9 Å². The molecule has 13 nitrogen and oxygen atoms in total. The van der Waals surface area contributed by atoms with Crippen molar-refractivity contribution in [2.45, 2.75) is 58.1 Å². The van der Waals surface area contributed by atoms with Crippen LogP contribution in [0.1, 0.15) is 55.6 Å². The number of carbonyl (C=O) groups excluding carboxylic acids is 4. The average Bonchev–Trinajstić information content (AvgIpc) is 3.64. The first-order valence-corrected chi connectivity index (χ1v) is 16.6. The molecule has 1 saturated carbocycles. The largest absolute Gasteiger partial charge is 0.490 e. The second kappa shape index (κ2) is 17.1. The van der Waals surface area contributed by atoms with Gasteiger partial charge in [-0.25, -0.2) is 14.6 Å². The molecular formula is C36H41N5O8. The zero-order valence-corrected chi connectivity index (χ0v) is 27.8. The first kappa shape index (κ1) is 34.9. The maximum atomic E-state index is 14.2. The zero-order chi connectivity index (χ0) is 34.6. The number of benzene rings is 2. The van der Waals surface area contributed by atoms with Crippen molar-refractivity contribution in [3.05, 3.63) is 72.1 Å². The number of piperazine rings is 1. The second-order valence-corrected chi connectivity index (χ2v) is 11.6. The van der Waals surface area contributed by atoms with Crippen molar-refractivity contribution in [2.75, 3.05) is 39.4 Å². The van der Waals surface area contributed by atoms with Crippen LogP contribution in [0.4, 0.5) is 4.79 Å². The van der Waals surface area contributed by atoms with Crippen molar-refractivity contribution in [3.63, 3.8) is 0 Å². The molecule has 3 amide bonds. The fourth-order valence-electron chi connectivity index (χ4n) is 5.90. The summed E-state index contributed by atoms with van der Waals surface area (Å²) in [5, 5.41) is 2.90. The average molecular weight is 672 g/mol. The topological polar surface area (TPSA) is 149 Å². The summed E-state index contributed by atoms with van der Waals surface area (Å²) in [6.07, 6.45) is 4.33. The highest BCUT2D eigenvalue weighted by Gasteiger charge is 2.32. The molecule has 2 aromatic carbocycles. The number of nitrogens with one attached hydrogen (secondary N) is 1. The fraction of sp³-hybridized carbons (Fsp3) is 0.417. The molecule has 2 fully saturated rings. The van der Waals surface area contributed by atoms with Gasteiger partial charge in [-0.05, 0) is 45.6 Å². The first-order valence-electron chi connectivity index (χ1n) is 16.6. The molecule has 13 heteroatoms. The van der Waals surface area contributed by atoms with Crippen molar-refractivity contribution in [3.8, 4) is 28.8 Å². The molecule has 258 valence electrons. The number of para-hydroxylation sites is 1. The Morgan fingerprint density at radius 3 is 2.39 bits per heavy atom. The summed E-state index contributed by atoms with van der Waals surface area (Å²) in [7, 11) is 0. The number of amides is 3. The Kier molecular flexibility index (Phi) is 12.2. The van der Waals surface area contributed by atoms with Crippen LogP contribution < -0.4 is 19.5 Å². The van der Waals surface area contributed by atoms with Crippen LogP contribution in [0.25, 0.3) is 11.4 Å². The summed E-state index contributed by atoms with van der Waals surface area (Å²) in [6, 6.07) is 14.8. The third-order valence-corrected chi connectivity index (χ3v) is 8.29. The summed E-state index contributed by atoms with van der Waals surface area (Å²) in [4.78, 5) is 63.9. The summed E-state index contributed by atoms with van der Waals surface area (Å²) in [6.45, 7) is 5.16. The Bertz CT molecular complexity index is 1650. The van der Waals surface area contributed by atoms with Crippen molar-refractivity contribution in [1.29, 1.82) is 0 Å². The van der Waals surface area contributed by atoms with E-state index in [1.165, 1.54) is 6.07 Å². The minimum atomic E-state index is -1.09. The molecule has 5 rings (SSSR count). The molecule has 0 bridgehead atoms. The number of hydrogen-bond acceptors (Lipinski definition) is 10. The molecule has 2 aliphatic rings. The van der Waals surface area contributed by atoms with Gasteiger partial charge in [0.15, 0.2) is 29.5 Å². The SMILES string of the molecule is CCOC(=O)N1CCN(C(=O)C(Cc2cccc(OCC)c2OC=C=O)NC(=O)c2cc(OC3CCCC3)nc(-c3ccccc3)n2)CC1. The van der Waals surface area contributed by atoms with E-state index in [2.05, 4.69) is 15.3 Å². The third kappa shape index (κ3) is 9.14. The van der Waals surface area contributed by atoms with Crippen molar-refractivity contribution >= 4 is 23.8 Å². The number of hydrogen-bond donors (Lipinski definition) is 1. The van der Waals surface area contributed by atoms with Crippen LogP contribution in [0.2, 0.25) is 0 Å². The molecule has 1 aliphatic carbocycles. The Hall–Kier alpha value is -5.42. The standard InChI is InChI=1S/C36H41N5O8/c1-3-46-30-16-10-13-26(32(30)48-22-21-42)23-29(35(44)40-17-19-41(20-18-40)36(45)47-4-2)38-34(43)28-24-31(49-27-14-8-9-15-27)39-33(37-28)25-11-6-5-7-12-25/h5-7,10-13,16,22,24,27,29H,3-4,8-9,14-15,17-20,23H2,1-2H3,(H,38,43). The molecule has 0 radical (unpaired) electrons. The zero-order valence-electron chi connectivity index (χ0n) is 27.8. The molecule has 2 heterocycles. The lowest BCUT2D eigenvalue weighted by molar-refractivity contribution is -0.134. The summed E-state index contributed by atoms with van der Waals surface area (Å²) in [5.41, 5.74) is 1.26. The highest BCUT2D eigenvalue weighted by atomic mass is 16.6. The van der Waals surface area contributed by atoms with Crippen LogP contribution in [0.15, 0.2) is 60.9 Å². The number of rotatable bonds is 13. The van der Waals surface area contributed by atoms with Gasteiger partial charge in [0.25, 0.3) is 5.91 Å². The number of aromatic nitrogens is 2. The van der Waals surface area contributed by atoms with E-state index >= 15 is 0 Å². The van der Waals surface area contributed by atoms with Crippen LogP contribution in [0.5, 0.6) is 17.4 Å². The molecule has 1 unspecified atom stereocenters. The first-order chi connectivity index (χ1) is 23.9. The van der Waals surface area contributed by atoms with Crippen LogP contribution in [-0.2, 0) is 20.7 Å². The van der Waals surface area contributed by atoms with Crippen molar-refractivity contribution in [1.82, 2.24) is 25.1 Å². The summed E-state index contributed by atoms with van der Waals surface area (Å²) >= 11 is 0.